The number of esters is 1. The number of carbonyl (C=O) groups is 1. The SMILES string of the molecule is CC(=O)OC(/C=C(\C#Cc1ccccc1)c1ccccc1)c1ccccc1. The standard InChI is InChI=1S/C25H20O2/c1-20(26)27-25(23-15-9-4-10-16-23)19-24(22-13-7-3-8-14-22)18-17-21-11-5-2-6-12-21/h2-16,19,25H,1H3/b24-19+. The van der Waals surface area contributed by atoms with Gasteiger partial charge in [0.05, 0.1) is 0 Å². The van der Waals surface area contributed by atoms with Crippen molar-refractivity contribution in [2.75, 3.05) is 0 Å². The van der Waals surface area contributed by atoms with Gasteiger partial charge in [-0.05, 0) is 29.3 Å². The maximum Gasteiger partial charge on any atom is 0.303 e. The predicted octanol–water partition coefficient (Wildman–Crippen LogP) is 5.43. The average molecular weight is 352 g/mol. The van der Waals surface area contributed by atoms with Crippen molar-refractivity contribution in [1.29, 1.82) is 0 Å². The fraction of sp³-hybridized carbons (Fsp3) is 0.0800. The summed E-state index contributed by atoms with van der Waals surface area (Å²) in [5, 5.41) is 0. The topological polar surface area (TPSA) is 26.3 Å². The first-order chi connectivity index (χ1) is 13.2. The van der Waals surface area contributed by atoms with E-state index in [0.717, 1.165) is 22.3 Å². The lowest BCUT2D eigenvalue weighted by Gasteiger charge is -2.15. The summed E-state index contributed by atoms with van der Waals surface area (Å²) < 4.78 is 5.56. The van der Waals surface area contributed by atoms with Gasteiger partial charge in [-0.25, -0.2) is 0 Å². The molecule has 27 heavy (non-hydrogen) atoms. The Bertz CT molecular complexity index is 962. The first-order valence-electron chi connectivity index (χ1n) is 8.79. The molecule has 0 saturated carbocycles. The third-order valence-electron chi connectivity index (χ3n) is 3.94. The number of benzene rings is 3. The molecule has 3 rings (SSSR count). The summed E-state index contributed by atoms with van der Waals surface area (Å²) in [6.07, 6.45) is 1.41. The maximum absolute atomic E-state index is 11.6. The molecule has 0 saturated heterocycles. The molecule has 0 bridgehead atoms. The van der Waals surface area contributed by atoms with E-state index >= 15 is 0 Å². The second kappa shape index (κ2) is 9.22. The van der Waals surface area contributed by atoms with Crippen molar-refractivity contribution in [2.45, 2.75) is 13.0 Å². The lowest BCUT2D eigenvalue weighted by molar-refractivity contribution is -0.144. The molecule has 0 aliphatic rings. The van der Waals surface area contributed by atoms with Gasteiger partial charge in [-0.1, -0.05) is 90.7 Å². The van der Waals surface area contributed by atoms with Gasteiger partial charge in [0.25, 0.3) is 0 Å². The van der Waals surface area contributed by atoms with Crippen molar-refractivity contribution in [2.24, 2.45) is 0 Å². The van der Waals surface area contributed by atoms with E-state index in [1.807, 2.05) is 97.1 Å². The largest absolute Gasteiger partial charge is 0.453 e. The molecule has 3 aromatic carbocycles. The third kappa shape index (κ3) is 5.45. The van der Waals surface area contributed by atoms with Crippen molar-refractivity contribution in [3.8, 4) is 11.8 Å². The molecule has 0 radical (unpaired) electrons. The highest BCUT2D eigenvalue weighted by Crippen LogP contribution is 2.24. The van der Waals surface area contributed by atoms with Crippen LogP contribution in [0.25, 0.3) is 5.57 Å². The Kier molecular flexibility index (Phi) is 6.22. The highest BCUT2D eigenvalue weighted by Gasteiger charge is 2.13. The van der Waals surface area contributed by atoms with Crippen LogP contribution in [0.5, 0.6) is 0 Å². The molecule has 2 heteroatoms. The van der Waals surface area contributed by atoms with Gasteiger partial charge in [-0.2, -0.15) is 0 Å². The van der Waals surface area contributed by atoms with E-state index in [1.54, 1.807) is 0 Å². The maximum atomic E-state index is 11.6. The number of rotatable bonds is 4. The van der Waals surface area contributed by atoms with E-state index in [0.29, 0.717) is 0 Å². The normalized spacial score (nSPS) is 11.8. The van der Waals surface area contributed by atoms with Crippen LogP contribution in [0.1, 0.15) is 29.7 Å². The number of hydrogen-bond donors (Lipinski definition) is 0. The Hall–Kier alpha value is -3.57. The molecular formula is C25H20O2. The molecule has 1 atom stereocenters. The zero-order valence-corrected chi connectivity index (χ0v) is 15.1. The van der Waals surface area contributed by atoms with Crippen LogP contribution < -0.4 is 0 Å². The van der Waals surface area contributed by atoms with Gasteiger partial charge in [-0.15, -0.1) is 0 Å². The third-order valence-corrected chi connectivity index (χ3v) is 3.94. The number of carbonyl (C=O) groups excluding carboxylic acids is 1. The first-order valence-corrected chi connectivity index (χ1v) is 8.79. The average Bonchev–Trinajstić information content (AvgIpc) is 2.72. The smallest absolute Gasteiger partial charge is 0.303 e. The van der Waals surface area contributed by atoms with Crippen molar-refractivity contribution in [3.05, 3.63) is 114 Å². The van der Waals surface area contributed by atoms with Gasteiger partial charge in [0.15, 0.2) is 0 Å². The minimum absolute atomic E-state index is 0.330. The molecule has 0 N–H and O–H groups in total. The Balaban J connectivity index is 2.04. The van der Waals surface area contributed by atoms with E-state index in [2.05, 4.69) is 11.8 Å². The van der Waals surface area contributed by atoms with Crippen molar-refractivity contribution >= 4 is 11.5 Å². The highest BCUT2D eigenvalue weighted by molar-refractivity contribution is 5.80. The summed E-state index contributed by atoms with van der Waals surface area (Å²) in [4.78, 5) is 11.6. The summed E-state index contributed by atoms with van der Waals surface area (Å²) in [7, 11) is 0. The van der Waals surface area contributed by atoms with Crippen LogP contribution in [-0.2, 0) is 9.53 Å². The Morgan fingerprint density at radius 1 is 0.852 bits per heavy atom. The Morgan fingerprint density at radius 3 is 2.00 bits per heavy atom. The minimum atomic E-state index is -0.496. The molecule has 0 fully saturated rings. The van der Waals surface area contributed by atoms with E-state index in [-0.39, 0.29) is 5.97 Å². The Morgan fingerprint density at radius 2 is 1.41 bits per heavy atom. The van der Waals surface area contributed by atoms with Crippen LogP contribution in [-0.4, -0.2) is 5.97 Å². The van der Waals surface area contributed by atoms with Crippen molar-refractivity contribution < 1.29 is 9.53 Å². The van der Waals surface area contributed by atoms with Gasteiger partial charge < -0.3 is 4.74 Å². The second-order valence-electron chi connectivity index (χ2n) is 6.00. The molecular weight excluding hydrogens is 332 g/mol. The second-order valence-corrected chi connectivity index (χ2v) is 6.00. The van der Waals surface area contributed by atoms with E-state index in [4.69, 9.17) is 4.74 Å². The Labute approximate surface area is 160 Å². The lowest BCUT2D eigenvalue weighted by Crippen LogP contribution is -2.06. The van der Waals surface area contributed by atoms with Gasteiger partial charge in [0.2, 0.25) is 0 Å². The van der Waals surface area contributed by atoms with Crippen LogP contribution >= 0.6 is 0 Å². The summed E-state index contributed by atoms with van der Waals surface area (Å²) in [6.45, 7) is 1.42. The minimum Gasteiger partial charge on any atom is -0.453 e. The molecule has 3 aromatic rings. The molecule has 0 aliphatic heterocycles. The molecule has 0 heterocycles. The zero-order valence-electron chi connectivity index (χ0n) is 15.1. The summed E-state index contributed by atoms with van der Waals surface area (Å²) in [6, 6.07) is 29.4. The lowest BCUT2D eigenvalue weighted by atomic mass is 10.0. The molecule has 132 valence electrons. The summed E-state index contributed by atoms with van der Waals surface area (Å²) >= 11 is 0. The molecule has 0 aliphatic carbocycles. The highest BCUT2D eigenvalue weighted by atomic mass is 16.5. The molecule has 1 unspecified atom stereocenters. The van der Waals surface area contributed by atoms with Crippen LogP contribution in [0.4, 0.5) is 0 Å². The fourth-order valence-electron chi connectivity index (χ4n) is 2.66. The molecule has 0 spiro atoms. The van der Waals surface area contributed by atoms with Crippen molar-refractivity contribution in [3.63, 3.8) is 0 Å². The molecule has 0 aromatic heterocycles. The van der Waals surface area contributed by atoms with Crippen molar-refractivity contribution in [1.82, 2.24) is 0 Å². The summed E-state index contributed by atoms with van der Waals surface area (Å²) in [5.41, 5.74) is 3.63. The van der Waals surface area contributed by atoms with Gasteiger partial charge in [-0.3, -0.25) is 4.79 Å². The predicted molar refractivity (Wildman–Crippen MR) is 109 cm³/mol. The van der Waals surface area contributed by atoms with Crippen LogP contribution in [0.3, 0.4) is 0 Å². The van der Waals surface area contributed by atoms with E-state index in [1.165, 1.54) is 6.92 Å². The van der Waals surface area contributed by atoms with Crippen LogP contribution in [0, 0.1) is 11.8 Å². The number of ether oxygens (including phenoxy) is 1. The van der Waals surface area contributed by atoms with E-state index in [9.17, 15) is 4.79 Å². The number of hydrogen-bond acceptors (Lipinski definition) is 2. The monoisotopic (exact) mass is 352 g/mol. The van der Waals surface area contributed by atoms with Gasteiger partial charge >= 0.3 is 5.97 Å². The van der Waals surface area contributed by atoms with Crippen LogP contribution in [0.2, 0.25) is 0 Å². The summed E-state index contributed by atoms with van der Waals surface area (Å²) in [5.74, 6) is 6.11. The van der Waals surface area contributed by atoms with Gasteiger partial charge in [0.1, 0.15) is 6.10 Å². The quantitative estimate of drug-likeness (QED) is 0.462. The zero-order chi connectivity index (χ0) is 18.9. The molecule has 2 nitrogen and oxygen atoms in total. The number of allylic oxidation sites excluding steroid dienone is 1. The van der Waals surface area contributed by atoms with Crippen LogP contribution in [0.15, 0.2) is 97.1 Å². The van der Waals surface area contributed by atoms with Gasteiger partial charge in [0, 0.05) is 18.1 Å². The van der Waals surface area contributed by atoms with E-state index < -0.39 is 6.10 Å². The first kappa shape index (κ1) is 18.2. The fourth-order valence-corrected chi connectivity index (χ4v) is 2.66. The molecule has 0 amide bonds.